The summed E-state index contributed by atoms with van der Waals surface area (Å²) in [5, 5.41) is 6.53. The molecule has 0 radical (unpaired) electrons. The van der Waals surface area contributed by atoms with Crippen LogP contribution in [0.3, 0.4) is 0 Å². The zero-order valence-corrected chi connectivity index (χ0v) is 21.2. The van der Waals surface area contributed by atoms with Crippen molar-refractivity contribution in [3.63, 3.8) is 0 Å². The van der Waals surface area contributed by atoms with Gasteiger partial charge in [-0.3, -0.25) is 4.79 Å². The molecule has 1 amide bonds. The van der Waals surface area contributed by atoms with Gasteiger partial charge < -0.3 is 0 Å². The molecule has 2 aliphatic rings. The molecular weight excluding hydrogens is 470 g/mol. The van der Waals surface area contributed by atoms with Crippen molar-refractivity contribution in [2.75, 3.05) is 14.1 Å². The van der Waals surface area contributed by atoms with Crippen LogP contribution >= 0.6 is 0 Å². The summed E-state index contributed by atoms with van der Waals surface area (Å²) in [6.45, 7) is 0. The van der Waals surface area contributed by atoms with Gasteiger partial charge in [-0.15, -0.1) is 0 Å². The highest BCUT2D eigenvalue weighted by Gasteiger charge is 2.43. The molecule has 0 saturated heterocycles. The Hall–Kier alpha value is -3.55. The summed E-state index contributed by atoms with van der Waals surface area (Å²) in [7, 11) is -0.598. The second-order valence-electron chi connectivity index (χ2n) is 9.38. The van der Waals surface area contributed by atoms with Crippen LogP contribution in [0.2, 0.25) is 0 Å². The van der Waals surface area contributed by atoms with Crippen LogP contribution in [0.1, 0.15) is 46.8 Å². The smallest absolute Gasteiger partial charge is 0.267 e. The number of hydrogen-bond donors (Lipinski definition) is 0. The molecule has 1 aliphatic carbocycles. The Labute approximate surface area is 212 Å². The Bertz CT molecular complexity index is 1410. The average molecular weight is 500 g/mol. The lowest BCUT2D eigenvalue weighted by Crippen LogP contribution is -2.32. The summed E-state index contributed by atoms with van der Waals surface area (Å²) < 4.78 is 26.1. The Morgan fingerprint density at radius 1 is 0.944 bits per heavy atom. The fraction of sp³-hybridized carbons (Fsp3) is 0.241. The lowest BCUT2D eigenvalue weighted by Gasteiger charge is -2.29. The molecule has 1 heterocycles. The molecule has 0 aromatic heterocycles. The van der Waals surface area contributed by atoms with Gasteiger partial charge in [0.1, 0.15) is 0 Å². The van der Waals surface area contributed by atoms with Crippen molar-refractivity contribution in [1.82, 2.24) is 9.31 Å². The van der Waals surface area contributed by atoms with Crippen molar-refractivity contribution < 1.29 is 13.2 Å². The lowest BCUT2D eigenvalue weighted by molar-refractivity contribution is 0.0680. The second-order valence-corrected chi connectivity index (χ2v) is 11.5. The van der Waals surface area contributed by atoms with Gasteiger partial charge in [0.15, 0.2) is 0 Å². The monoisotopic (exact) mass is 499 g/mol. The van der Waals surface area contributed by atoms with Gasteiger partial charge in [0, 0.05) is 25.6 Å². The van der Waals surface area contributed by atoms with Gasteiger partial charge >= 0.3 is 0 Å². The number of fused-ring (bicyclic) bond motifs is 1. The van der Waals surface area contributed by atoms with Gasteiger partial charge in [-0.25, -0.2) is 17.7 Å². The van der Waals surface area contributed by atoms with Gasteiger partial charge in [-0.05, 0) is 66.3 Å². The molecule has 184 valence electrons. The first kappa shape index (κ1) is 24.2. The zero-order chi connectivity index (χ0) is 25.3. The Balaban J connectivity index is 1.54. The third-order valence-electron chi connectivity index (χ3n) is 6.87. The van der Waals surface area contributed by atoms with Crippen LogP contribution < -0.4 is 0 Å². The number of carbonyl (C=O) groups excluding carboxylic acids is 1. The number of carbonyl (C=O) groups is 1. The van der Waals surface area contributed by atoms with Crippen molar-refractivity contribution in [3.05, 3.63) is 107 Å². The van der Waals surface area contributed by atoms with Crippen molar-refractivity contribution in [3.8, 4) is 0 Å². The average Bonchev–Trinajstić information content (AvgIpc) is 3.30. The number of benzene rings is 3. The van der Waals surface area contributed by atoms with Crippen LogP contribution in [-0.4, -0.2) is 43.4 Å². The van der Waals surface area contributed by atoms with Crippen LogP contribution in [0, 0.1) is 5.92 Å². The molecule has 1 saturated carbocycles. The second kappa shape index (κ2) is 9.84. The van der Waals surface area contributed by atoms with E-state index in [0.29, 0.717) is 5.56 Å². The molecule has 36 heavy (non-hydrogen) atoms. The number of hydrazone groups is 1. The highest BCUT2D eigenvalue weighted by atomic mass is 32.2. The highest BCUT2D eigenvalue weighted by Crippen LogP contribution is 2.44. The van der Waals surface area contributed by atoms with Crippen LogP contribution in [0.5, 0.6) is 0 Å². The molecule has 5 rings (SSSR count). The highest BCUT2D eigenvalue weighted by molar-refractivity contribution is 7.89. The maximum absolute atomic E-state index is 13.8. The fourth-order valence-corrected chi connectivity index (χ4v) is 5.92. The maximum atomic E-state index is 13.8. The molecule has 7 heteroatoms. The first-order chi connectivity index (χ1) is 17.4. The summed E-state index contributed by atoms with van der Waals surface area (Å²) in [4.78, 5) is 13.9. The molecule has 0 unspecified atom stereocenters. The van der Waals surface area contributed by atoms with E-state index in [1.165, 1.54) is 31.8 Å². The first-order valence-electron chi connectivity index (χ1n) is 12.1. The molecule has 0 N–H and O–H groups in total. The number of hydrogen-bond acceptors (Lipinski definition) is 4. The van der Waals surface area contributed by atoms with Gasteiger partial charge in [-0.1, -0.05) is 60.7 Å². The predicted molar refractivity (Wildman–Crippen MR) is 142 cm³/mol. The van der Waals surface area contributed by atoms with E-state index in [0.717, 1.165) is 40.4 Å². The Morgan fingerprint density at radius 3 is 2.22 bits per heavy atom. The summed E-state index contributed by atoms with van der Waals surface area (Å²) >= 11 is 0. The third kappa shape index (κ3) is 4.52. The fourth-order valence-electron chi connectivity index (χ4n) is 5.01. The molecule has 6 nitrogen and oxygen atoms in total. The van der Waals surface area contributed by atoms with Gasteiger partial charge in [-0.2, -0.15) is 5.10 Å². The topological polar surface area (TPSA) is 70.1 Å². The predicted octanol–water partition coefficient (Wildman–Crippen LogP) is 5.37. The van der Waals surface area contributed by atoms with E-state index in [9.17, 15) is 13.2 Å². The molecule has 2 atom stereocenters. The van der Waals surface area contributed by atoms with Crippen LogP contribution in [0.15, 0.2) is 100 Å². The van der Waals surface area contributed by atoms with Crippen LogP contribution in [0.25, 0.3) is 6.08 Å². The van der Waals surface area contributed by atoms with Crippen molar-refractivity contribution >= 4 is 27.7 Å². The Morgan fingerprint density at radius 2 is 1.58 bits per heavy atom. The number of rotatable bonds is 5. The van der Waals surface area contributed by atoms with Crippen molar-refractivity contribution in [2.24, 2.45) is 11.0 Å². The minimum Gasteiger partial charge on any atom is -0.267 e. The SMILES string of the molecule is CN(C)S(=O)(=O)c1ccc(C(=O)N2N=C3/C(=C\c4ccccc4)CCC[C@@H]3[C@@H]2c2ccccc2)cc1. The van der Waals surface area contributed by atoms with Gasteiger partial charge in [0.2, 0.25) is 10.0 Å². The van der Waals surface area contributed by atoms with E-state index in [2.05, 4.69) is 18.2 Å². The number of nitrogens with zero attached hydrogens (tertiary/aromatic N) is 3. The minimum atomic E-state index is -3.57. The van der Waals surface area contributed by atoms with Crippen LogP contribution in [0.4, 0.5) is 0 Å². The normalized spacial score (nSPS) is 20.9. The lowest BCUT2D eigenvalue weighted by atomic mass is 9.77. The number of sulfonamides is 1. The zero-order valence-electron chi connectivity index (χ0n) is 20.4. The van der Waals surface area contributed by atoms with Gasteiger partial charge in [0.25, 0.3) is 5.91 Å². The number of allylic oxidation sites excluding steroid dienone is 1. The van der Waals surface area contributed by atoms with Crippen molar-refractivity contribution in [1.29, 1.82) is 0 Å². The largest absolute Gasteiger partial charge is 0.274 e. The van der Waals surface area contributed by atoms with E-state index >= 15 is 0 Å². The van der Waals surface area contributed by atoms with E-state index < -0.39 is 10.0 Å². The summed E-state index contributed by atoms with van der Waals surface area (Å²) in [6, 6.07) is 26.1. The third-order valence-corrected chi connectivity index (χ3v) is 8.70. The Kier molecular flexibility index (Phi) is 6.60. The van der Waals surface area contributed by atoms with Crippen molar-refractivity contribution in [2.45, 2.75) is 30.2 Å². The van der Waals surface area contributed by atoms with E-state index in [4.69, 9.17) is 5.10 Å². The maximum Gasteiger partial charge on any atom is 0.274 e. The quantitative estimate of drug-likeness (QED) is 0.474. The molecular formula is C29H29N3O3S. The molecule has 0 bridgehead atoms. The van der Waals surface area contributed by atoms with Gasteiger partial charge in [0.05, 0.1) is 16.6 Å². The molecule has 3 aromatic rings. The minimum absolute atomic E-state index is 0.105. The molecule has 1 aliphatic heterocycles. The van der Waals surface area contributed by atoms with Crippen LogP contribution in [-0.2, 0) is 10.0 Å². The summed E-state index contributed by atoms with van der Waals surface area (Å²) in [5.41, 5.74) is 4.71. The first-order valence-corrected chi connectivity index (χ1v) is 13.6. The number of amides is 1. The summed E-state index contributed by atoms with van der Waals surface area (Å²) in [6.07, 6.45) is 5.09. The van der Waals surface area contributed by atoms with E-state index in [1.807, 2.05) is 48.5 Å². The summed E-state index contributed by atoms with van der Waals surface area (Å²) in [5.74, 6) is -0.132. The standard InChI is InChI=1S/C29H29N3O3S/c1-31(2)36(34,35)25-18-16-23(17-19-25)29(33)32-28(22-12-7-4-8-13-22)26-15-9-14-24(27(26)30-32)20-21-10-5-3-6-11-21/h3-8,10-13,16-20,26,28H,9,14-15H2,1-2H3/b24-20-/t26-,28-/m0/s1. The molecule has 0 spiro atoms. The molecule has 1 fully saturated rings. The van der Waals surface area contributed by atoms with E-state index in [-0.39, 0.29) is 22.8 Å². The van der Waals surface area contributed by atoms with E-state index in [1.54, 1.807) is 17.1 Å². The molecule has 3 aromatic carbocycles.